The largest absolute Gasteiger partial charge is 0.305 e. The van der Waals surface area contributed by atoms with Crippen LogP contribution in [-0.4, -0.2) is 16.2 Å². The molecule has 0 N–H and O–H groups in total. The number of fused-ring (bicyclic) bond motifs is 4. The van der Waals surface area contributed by atoms with Gasteiger partial charge in [0.1, 0.15) is 11.7 Å². The van der Waals surface area contributed by atoms with Crippen LogP contribution in [0.2, 0.25) is 0 Å². The van der Waals surface area contributed by atoms with Crippen LogP contribution in [0.15, 0.2) is 182 Å². The van der Waals surface area contributed by atoms with Crippen LogP contribution in [0.3, 0.4) is 0 Å². The minimum absolute atomic E-state index is 0.688. The highest BCUT2D eigenvalue weighted by Crippen LogP contribution is 2.76. The van der Waals surface area contributed by atoms with Crippen LogP contribution in [-0.2, 0) is 12.8 Å². The first-order valence-electron chi connectivity index (χ1n) is 19.0. The molecule has 0 unspecified atom stereocenters. The van der Waals surface area contributed by atoms with E-state index in [4.69, 9.17) is 9.98 Å². The molecule has 3 nitrogen and oxygen atoms in total. The number of allylic oxidation sites excluding steroid dienone is 8. The second-order valence-electron chi connectivity index (χ2n) is 14.0. The number of rotatable bonds is 8. The van der Waals surface area contributed by atoms with Crippen molar-refractivity contribution in [1.82, 2.24) is 4.57 Å². The van der Waals surface area contributed by atoms with E-state index in [-0.39, 0.29) is 0 Å². The second-order valence-corrected chi connectivity index (χ2v) is 17.2. The van der Waals surface area contributed by atoms with Gasteiger partial charge >= 0.3 is 0 Å². The Hall–Kier alpha value is -5.71. The van der Waals surface area contributed by atoms with Gasteiger partial charge in [0.15, 0.2) is 0 Å². The Morgan fingerprint density at radius 3 is 2.15 bits per heavy atom. The number of aliphatic imine (C=N–C) groups is 2. The lowest BCUT2D eigenvalue weighted by molar-refractivity contribution is 0.969. The van der Waals surface area contributed by atoms with E-state index in [0.717, 1.165) is 49.2 Å². The van der Waals surface area contributed by atoms with Crippen LogP contribution in [0.1, 0.15) is 73.5 Å². The summed E-state index contributed by atoms with van der Waals surface area (Å²) in [5.74, 6) is 1.58. The summed E-state index contributed by atoms with van der Waals surface area (Å²) < 4.78 is 2.20. The Morgan fingerprint density at radius 1 is 0.741 bits per heavy atom. The average molecular weight is 722 g/mol. The Kier molecular flexibility index (Phi) is 10.0. The molecule has 5 aromatic rings. The molecule has 0 aliphatic heterocycles. The smallest absolute Gasteiger partial charge is 0.127 e. The zero-order valence-corrected chi connectivity index (χ0v) is 32.3. The summed E-state index contributed by atoms with van der Waals surface area (Å²) in [5, 5.41) is 0. The van der Waals surface area contributed by atoms with Crippen molar-refractivity contribution in [3.8, 4) is 11.1 Å². The van der Waals surface area contributed by atoms with Crippen molar-refractivity contribution < 1.29 is 0 Å². The molecule has 0 saturated heterocycles. The van der Waals surface area contributed by atoms with Crippen LogP contribution in [0, 0.1) is 0 Å². The van der Waals surface area contributed by atoms with E-state index in [1.807, 2.05) is 13.8 Å². The van der Waals surface area contributed by atoms with Gasteiger partial charge < -0.3 is 4.57 Å². The summed E-state index contributed by atoms with van der Waals surface area (Å²) in [6.07, 6.45) is 27.1. The molecule has 1 aromatic heterocycles. The van der Waals surface area contributed by atoms with Gasteiger partial charge in [-0.25, -0.2) is 9.98 Å². The van der Waals surface area contributed by atoms with Crippen molar-refractivity contribution >= 4 is 39.5 Å². The molecule has 54 heavy (non-hydrogen) atoms. The van der Waals surface area contributed by atoms with Crippen LogP contribution < -0.4 is 0 Å². The van der Waals surface area contributed by atoms with E-state index < -0.39 is 10.0 Å². The Bertz CT molecular complexity index is 2410. The van der Waals surface area contributed by atoms with E-state index in [2.05, 4.69) is 176 Å². The zero-order chi connectivity index (χ0) is 37.1. The number of aromatic nitrogens is 1. The summed E-state index contributed by atoms with van der Waals surface area (Å²) in [7, 11) is -1.75. The molecule has 0 amide bonds. The fraction of sp³-hybridized carbons (Fsp3) is 0.160. The highest BCUT2D eigenvalue weighted by molar-refractivity contribution is 8.37. The molecule has 0 fully saturated rings. The summed E-state index contributed by atoms with van der Waals surface area (Å²) in [6.45, 7) is 10.6. The minimum atomic E-state index is -1.75. The Balaban J connectivity index is 1.18. The molecule has 0 saturated carbocycles. The molecular formula is C50H47N3S. The first-order valence-corrected chi connectivity index (χ1v) is 20.7. The summed E-state index contributed by atoms with van der Waals surface area (Å²) in [6, 6.07) is 36.1. The van der Waals surface area contributed by atoms with Gasteiger partial charge in [-0.2, -0.15) is 0 Å². The number of hydrogen-bond acceptors (Lipinski definition) is 1. The minimum Gasteiger partial charge on any atom is -0.305 e. The summed E-state index contributed by atoms with van der Waals surface area (Å²) in [4.78, 5) is 15.7. The predicted molar refractivity (Wildman–Crippen MR) is 233 cm³/mol. The molecule has 3 aliphatic rings. The Morgan fingerprint density at radius 2 is 1.44 bits per heavy atom. The third kappa shape index (κ3) is 6.35. The zero-order valence-electron chi connectivity index (χ0n) is 31.5. The third-order valence-corrected chi connectivity index (χ3v) is 14.9. The van der Waals surface area contributed by atoms with E-state index in [0.29, 0.717) is 5.84 Å². The molecule has 268 valence electrons. The molecule has 0 spiro atoms. The Labute approximate surface area is 322 Å². The van der Waals surface area contributed by atoms with Gasteiger partial charge in [-0.15, -0.1) is 10.0 Å². The van der Waals surface area contributed by atoms with E-state index in [1.54, 1.807) is 0 Å². The van der Waals surface area contributed by atoms with Gasteiger partial charge in [0.2, 0.25) is 0 Å². The quantitative estimate of drug-likeness (QED) is 0.0851. The highest BCUT2D eigenvalue weighted by atomic mass is 32.3. The van der Waals surface area contributed by atoms with Crippen molar-refractivity contribution in [2.45, 2.75) is 67.6 Å². The standard InChI is InChI=1S/C50H47N3S/c1-5-6-10-21-39-35-53(49-32-18-17-28-44(39)49)38(4)52-37(3)51-36(2)43-29-19-30-45-46-31-20-33-50(48(46)34-47(43)45)54(40-22-11-7-12-23-40,41-24-13-8-14-25-41)42-26-15-9-16-27-42/h5-15,18-26,29-33,35H,2,16-17,27-28,34H2,1,3-4H3/b6-5-,21-10-,51-37?,52-38?. The average Bonchev–Trinajstić information content (AvgIpc) is 3.79. The highest BCUT2D eigenvalue weighted by Gasteiger charge is 2.38. The topological polar surface area (TPSA) is 29.6 Å². The molecule has 4 heteroatoms. The van der Waals surface area contributed by atoms with Gasteiger partial charge in [0, 0.05) is 32.9 Å². The van der Waals surface area contributed by atoms with Crippen LogP contribution in [0.25, 0.3) is 29.0 Å². The van der Waals surface area contributed by atoms with E-state index in [9.17, 15) is 0 Å². The lowest BCUT2D eigenvalue weighted by Crippen LogP contribution is -2.11. The van der Waals surface area contributed by atoms with Crippen LogP contribution >= 0.6 is 10.0 Å². The fourth-order valence-electron chi connectivity index (χ4n) is 8.39. The van der Waals surface area contributed by atoms with Crippen LogP contribution in [0.4, 0.5) is 0 Å². The summed E-state index contributed by atoms with van der Waals surface area (Å²) >= 11 is 0. The maximum absolute atomic E-state index is 5.04. The van der Waals surface area contributed by atoms with Gasteiger partial charge in [-0.3, -0.25) is 0 Å². The monoisotopic (exact) mass is 721 g/mol. The molecular weight excluding hydrogens is 675 g/mol. The second kappa shape index (κ2) is 15.3. The predicted octanol–water partition coefficient (Wildman–Crippen LogP) is 13.5. The van der Waals surface area contributed by atoms with Crippen molar-refractivity contribution in [3.05, 3.63) is 191 Å². The third-order valence-electron chi connectivity index (χ3n) is 10.7. The number of amidine groups is 1. The van der Waals surface area contributed by atoms with Crippen molar-refractivity contribution in [2.75, 3.05) is 0 Å². The number of benzene rings is 4. The number of nitrogens with zero attached hydrogens (tertiary/aromatic N) is 3. The van der Waals surface area contributed by atoms with Crippen molar-refractivity contribution in [1.29, 1.82) is 0 Å². The number of hydrogen-bond donors (Lipinski definition) is 0. The molecule has 0 bridgehead atoms. The maximum Gasteiger partial charge on any atom is 0.127 e. The van der Waals surface area contributed by atoms with E-state index in [1.165, 1.54) is 58.7 Å². The molecule has 0 radical (unpaired) electrons. The van der Waals surface area contributed by atoms with Gasteiger partial charge in [-0.1, -0.05) is 122 Å². The van der Waals surface area contributed by atoms with Crippen molar-refractivity contribution in [2.24, 2.45) is 9.98 Å². The van der Waals surface area contributed by atoms with Gasteiger partial charge in [0.05, 0.1) is 11.4 Å². The van der Waals surface area contributed by atoms with Gasteiger partial charge in [-0.05, 0) is 121 Å². The lowest BCUT2D eigenvalue weighted by atomic mass is 10.00. The molecule has 4 aromatic carbocycles. The molecule has 0 atom stereocenters. The molecule has 1 heterocycles. The SMILES string of the molecule is C=C(N=C(C)N=C(C)n1cc(/C=C\C=C/C)c2c1C=CCC2)c1cccc2c1Cc1c-2cccc1S(C1=CC=CCC1)(c1ccccc1)c1ccccc1. The van der Waals surface area contributed by atoms with Crippen LogP contribution in [0.5, 0.6) is 0 Å². The fourth-order valence-corrected chi connectivity index (χ4v) is 12.7. The molecule has 3 aliphatic carbocycles. The van der Waals surface area contributed by atoms with Gasteiger partial charge in [0.25, 0.3) is 0 Å². The first kappa shape index (κ1) is 35.3. The summed E-state index contributed by atoms with van der Waals surface area (Å²) in [5.41, 5.74) is 10.9. The first-order chi connectivity index (χ1) is 26.5. The van der Waals surface area contributed by atoms with E-state index >= 15 is 0 Å². The normalized spacial score (nSPS) is 15.7. The lowest BCUT2D eigenvalue weighted by Gasteiger charge is -2.45. The van der Waals surface area contributed by atoms with Crippen molar-refractivity contribution in [3.63, 3.8) is 0 Å². The maximum atomic E-state index is 5.04. The molecule has 8 rings (SSSR count).